The number of carbonyl (C=O) groups is 2. The number of ether oxygens (including phenoxy) is 2. The summed E-state index contributed by atoms with van der Waals surface area (Å²) in [7, 11) is 0. The summed E-state index contributed by atoms with van der Waals surface area (Å²) in [6.07, 6.45) is 7.63. The van der Waals surface area contributed by atoms with E-state index in [1.165, 1.54) is 0 Å². The van der Waals surface area contributed by atoms with Gasteiger partial charge in [-0.15, -0.1) is 0 Å². The molecule has 3 rings (SSSR count). The van der Waals surface area contributed by atoms with Crippen LogP contribution < -0.4 is 0 Å². The molecule has 2 aliphatic rings. The molecular weight excluding hydrogens is 280 g/mol. The number of hydrogen-bond donors (Lipinski definition) is 0. The molecule has 1 aliphatic heterocycles. The Labute approximate surface area is 130 Å². The number of allylic oxidation sites excluding steroid dienone is 2. The van der Waals surface area contributed by atoms with Gasteiger partial charge in [-0.2, -0.15) is 0 Å². The topological polar surface area (TPSA) is 52.6 Å². The van der Waals surface area contributed by atoms with Gasteiger partial charge in [0.1, 0.15) is 0 Å². The second-order valence-corrected chi connectivity index (χ2v) is 6.20. The van der Waals surface area contributed by atoms with Gasteiger partial charge in [-0.1, -0.05) is 30.4 Å². The molecule has 0 fully saturated rings. The molecule has 1 heterocycles. The normalized spacial score (nSPS) is 27.0. The zero-order valence-corrected chi connectivity index (χ0v) is 12.7. The second-order valence-electron chi connectivity index (χ2n) is 6.20. The van der Waals surface area contributed by atoms with Crippen LogP contribution in [0.4, 0.5) is 0 Å². The van der Waals surface area contributed by atoms with E-state index < -0.39 is 17.5 Å². The maximum atomic E-state index is 12.4. The number of fused-ring (bicyclic) bond motifs is 1. The maximum absolute atomic E-state index is 12.4. The molecule has 0 N–H and O–H groups in total. The van der Waals surface area contributed by atoms with Gasteiger partial charge in [-0.05, 0) is 43.7 Å². The summed E-state index contributed by atoms with van der Waals surface area (Å²) < 4.78 is 10.8. The predicted molar refractivity (Wildman–Crippen MR) is 81.4 cm³/mol. The molecule has 1 aromatic rings. The monoisotopic (exact) mass is 300 g/mol. The van der Waals surface area contributed by atoms with E-state index in [9.17, 15) is 9.59 Å². The predicted octanol–water partition coefficient (Wildman–Crippen LogP) is 3.06. The third-order valence-corrected chi connectivity index (χ3v) is 4.34. The van der Waals surface area contributed by atoms with Crippen LogP contribution in [-0.2, 0) is 20.7 Å². The summed E-state index contributed by atoms with van der Waals surface area (Å²) in [6, 6.07) is 7.22. The Morgan fingerprint density at radius 1 is 1.36 bits per heavy atom. The van der Waals surface area contributed by atoms with Crippen LogP contribution in [0, 0.1) is 5.92 Å². The fourth-order valence-electron chi connectivity index (χ4n) is 3.00. The van der Waals surface area contributed by atoms with Gasteiger partial charge in [-0.25, -0.2) is 9.59 Å². The highest BCUT2D eigenvalue weighted by molar-refractivity contribution is 5.96. The van der Waals surface area contributed by atoms with Crippen LogP contribution in [0.15, 0.2) is 36.4 Å². The molecular formula is C18H20O4. The molecule has 0 bridgehead atoms. The molecule has 0 spiro atoms. The minimum atomic E-state index is -1.23. The molecule has 1 aliphatic carbocycles. The Balaban J connectivity index is 1.67. The Morgan fingerprint density at radius 3 is 2.95 bits per heavy atom. The van der Waals surface area contributed by atoms with Crippen molar-refractivity contribution in [1.29, 1.82) is 0 Å². The fraction of sp³-hybridized carbons (Fsp3) is 0.444. The smallest absolute Gasteiger partial charge is 0.350 e. The molecule has 0 saturated heterocycles. The highest BCUT2D eigenvalue weighted by atomic mass is 16.6. The summed E-state index contributed by atoms with van der Waals surface area (Å²) in [5.41, 5.74) is 0.139. The molecule has 0 saturated carbocycles. The van der Waals surface area contributed by atoms with Crippen molar-refractivity contribution in [2.45, 2.75) is 38.2 Å². The van der Waals surface area contributed by atoms with Gasteiger partial charge < -0.3 is 9.47 Å². The van der Waals surface area contributed by atoms with Crippen molar-refractivity contribution in [2.75, 3.05) is 6.61 Å². The summed E-state index contributed by atoms with van der Waals surface area (Å²) in [5.74, 6) is -0.545. The first-order valence-electron chi connectivity index (χ1n) is 7.72. The lowest BCUT2D eigenvalue weighted by atomic mass is 9.90. The van der Waals surface area contributed by atoms with Crippen molar-refractivity contribution in [2.24, 2.45) is 5.92 Å². The van der Waals surface area contributed by atoms with Gasteiger partial charge in [0.15, 0.2) is 0 Å². The number of cyclic esters (lactones) is 1. The largest absolute Gasteiger partial charge is 0.462 e. The Morgan fingerprint density at radius 2 is 2.18 bits per heavy atom. The molecule has 4 nitrogen and oxygen atoms in total. The average Bonchev–Trinajstić information content (AvgIpc) is 2.53. The van der Waals surface area contributed by atoms with E-state index in [1.807, 2.05) is 12.1 Å². The van der Waals surface area contributed by atoms with Crippen molar-refractivity contribution in [1.82, 2.24) is 0 Å². The van der Waals surface area contributed by atoms with E-state index in [0.717, 1.165) is 24.8 Å². The highest BCUT2D eigenvalue weighted by Gasteiger charge is 2.44. The van der Waals surface area contributed by atoms with Crippen molar-refractivity contribution in [3.8, 4) is 0 Å². The molecule has 1 aromatic carbocycles. The molecule has 0 radical (unpaired) electrons. The summed E-state index contributed by atoms with van der Waals surface area (Å²) in [4.78, 5) is 24.5. The van der Waals surface area contributed by atoms with Crippen molar-refractivity contribution < 1.29 is 19.1 Å². The number of carbonyl (C=O) groups excluding carboxylic acids is 2. The molecule has 4 heteroatoms. The van der Waals surface area contributed by atoms with E-state index in [1.54, 1.807) is 19.1 Å². The zero-order chi connectivity index (χ0) is 15.6. The van der Waals surface area contributed by atoms with Crippen LogP contribution in [0.25, 0.3) is 0 Å². The molecule has 0 aromatic heterocycles. The number of hydrogen-bond acceptors (Lipinski definition) is 4. The lowest BCUT2D eigenvalue weighted by Crippen LogP contribution is -2.47. The van der Waals surface area contributed by atoms with Crippen LogP contribution >= 0.6 is 0 Å². The number of benzene rings is 1. The summed E-state index contributed by atoms with van der Waals surface area (Å²) in [5, 5.41) is 0. The van der Waals surface area contributed by atoms with Gasteiger partial charge in [0, 0.05) is 6.42 Å². The second kappa shape index (κ2) is 5.95. The molecule has 2 atom stereocenters. The molecule has 22 heavy (non-hydrogen) atoms. The van der Waals surface area contributed by atoms with E-state index in [-0.39, 0.29) is 0 Å². The van der Waals surface area contributed by atoms with E-state index in [4.69, 9.17) is 9.47 Å². The first-order chi connectivity index (χ1) is 10.6. The minimum absolute atomic E-state index is 0.359. The minimum Gasteiger partial charge on any atom is -0.462 e. The quantitative estimate of drug-likeness (QED) is 0.636. The molecule has 0 amide bonds. The lowest BCUT2D eigenvalue weighted by Gasteiger charge is -2.32. The van der Waals surface area contributed by atoms with E-state index in [0.29, 0.717) is 24.5 Å². The van der Waals surface area contributed by atoms with Crippen LogP contribution in [0.5, 0.6) is 0 Å². The molecule has 2 unspecified atom stereocenters. The van der Waals surface area contributed by atoms with Gasteiger partial charge in [0.05, 0.1) is 12.2 Å². The van der Waals surface area contributed by atoms with Gasteiger partial charge in [-0.3, -0.25) is 0 Å². The average molecular weight is 300 g/mol. The third kappa shape index (κ3) is 2.91. The zero-order valence-electron chi connectivity index (χ0n) is 12.7. The van der Waals surface area contributed by atoms with Crippen LogP contribution in [-0.4, -0.2) is 24.1 Å². The first-order valence-corrected chi connectivity index (χ1v) is 7.72. The van der Waals surface area contributed by atoms with E-state index >= 15 is 0 Å². The van der Waals surface area contributed by atoms with Crippen LogP contribution in [0.3, 0.4) is 0 Å². The van der Waals surface area contributed by atoms with Crippen LogP contribution in [0.1, 0.15) is 42.1 Å². The van der Waals surface area contributed by atoms with Gasteiger partial charge in [0.25, 0.3) is 0 Å². The van der Waals surface area contributed by atoms with E-state index in [2.05, 4.69) is 12.2 Å². The standard InChI is InChI=1S/C18H20O4/c1-18(17(20)21-12-13-7-3-2-4-8-13)11-14-9-5-6-10-15(14)16(19)22-18/h2-3,5-6,9-10,13H,4,7-8,11-12H2,1H3. The fourth-order valence-corrected chi connectivity index (χ4v) is 3.00. The summed E-state index contributed by atoms with van der Waals surface area (Å²) in [6.45, 7) is 2.02. The Hall–Kier alpha value is -2.10. The van der Waals surface area contributed by atoms with Crippen molar-refractivity contribution >= 4 is 11.9 Å². The SMILES string of the molecule is CC1(C(=O)OCC2CC=CCC2)Cc2ccccc2C(=O)O1. The first kappa shape index (κ1) is 14.8. The van der Waals surface area contributed by atoms with Gasteiger partial charge >= 0.3 is 11.9 Å². The Kier molecular flexibility index (Phi) is 4.01. The number of esters is 2. The lowest BCUT2D eigenvalue weighted by molar-refractivity contribution is -0.166. The highest BCUT2D eigenvalue weighted by Crippen LogP contribution is 2.29. The maximum Gasteiger partial charge on any atom is 0.350 e. The summed E-state index contributed by atoms with van der Waals surface area (Å²) >= 11 is 0. The number of rotatable bonds is 3. The Bertz CT molecular complexity index is 619. The van der Waals surface area contributed by atoms with Gasteiger partial charge in [0.2, 0.25) is 5.60 Å². The van der Waals surface area contributed by atoms with Crippen LogP contribution in [0.2, 0.25) is 0 Å². The van der Waals surface area contributed by atoms with Crippen molar-refractivity contribution in [3.63, 3.8) is 0 Å². The van der Waals surface area contributed by atoms with Crippen molar-refractivity contribution in [3.05, 3.63) is 47.5 Å². The molecule has 116 valence electrons. The third-order valence-electron chi connectivity index (χ3n) is 4.34.